The lowest BCUT2D eigenvalue weighted by atomic mass is 9.91. The predicted octanol–water partition coefficient (Wildman–Crippen LogP) is 6.02. The second-order valence-electron chi connectivity index (χ2n) is 7.17. The molecule has 1 aromatic heterocycles. The molecule has 2 aromatic carbocycles. The fraction of sp³-hybridized carbons (Fsp3) is 0.364. The number of unbranched alkanes of at least 4 members (excludes halogenated alkanes) is 2. The largest absolute Gasteiger partial charge is 0.354 e. The Bertz CT molecular complexity index is 965. The third-order valence-electron chi connectivity index (χ3n) is 5.16. The lowest BCUT2D eigenvalue weighted by Gasteiger charge is -2.16. The molecule has 1 aliphatic heterocycles. The first-order valence-corrected chi connectivity index (χ1v) is 11.2. The van der Waals surface area contributed by atoms with Crippen LogP contribution in [0.1, 0.15) is 43.4 Å². The van der Waals surface area contributed by atoms with Crippen molar-refractivity contribution < 1.29 is 9.13 Å². The first kappa shape index (κ1) is 20.4. The van der Waals surface area contributed by atoms with Gasteiger partial charge in [0.1, 0.15) is 23.8 Å². The molecule has 0 amide bonds. The maximum Gasteiger partial charge on any atom is 0.186 e. The average Bonchev–Trinajstić information content (AvgIpc) is 3.27. The number of halogens is 2. The number of benzene rings is 2. The zero-order chi connectivity index (χ0) is 20.3. The minimum Gasteiger partial charge on any atom is -0.354 e. The average molecular weight is 432 g/mol. The van der Waals surface area contributed by atoms with Crippen molar-refractivity contribution in [2.75, 3.05) is 5.75 Å². The highest BCUT2D eigenvalue weighted by Gasteiger charge is 2.59. The van der Waals surface area contributed by atoms with Gasteiger partial charge in [0.25, 0.3) is 0 Å². The molecule has 2 atom stereocenters. The quantitative estimate of drug-likeness (QED) is 0.236. The van der Waals surface area contributed by atoms with Gasteiger partial charge in [0, 0.05) is 16.3 Å². The molecule has 1 saturated heterocycles. The van der Waals surface area contributed by atoms with Crippen LogP contribution >= 0.6 is 23.4 Å². The van der Waals surface area contributed by atoms with E-state index in [0.29, 0.717) is 11.6 Å². The number of epoxide rings is 1. The Morgan fingerprint density at radius 1 is 1.17 bits per heavy atom. The standard InChI is InChI=1S/C22H23ClFN3OS/c1-2-3-6-13-29-21-25-15-26-27(21)14-22(16-9-11-17(24)12-10-16)20(28-22)18-7-4-5-8-19(18)23/h4-5,7-12,15,20H,2-3,6,13-14H2,1H3/t20-,22+/m0/s1. The number of ether oxygens (including phenoxy) is 1. The predicted molar refractivity (Wildman–Crippen MR) is 114 cm³/mol. The number of hydrogen-bond acceptors (Lipinski definition) is 4. The lowest BCUT2D eigenvalue weighted by molar-refractivity contribution is 0.256. The van der Waals surface area contributed by atoms with Gasteiger partial charge in [-0.3, -0.25) is 0 Å². The van der Waals surface area contributed by atoms with Crippen molar-refractivity contribution in [3.8, 4) is 0 Å². The van der Waals surface area contributed by atoms with E-state index in [0.717, 1.165) is 28.5 Å². The Morgan fingerprint density at radius 2 is 1.97 bits per heavy atom. The van der Waals surface area contributed by atoms with Crippen LogP contribution in [0.3, 0.4) is 0 Å². The summed E-state index contributed by atoms with van der Waals surface area (Å²) in [7, 11) is 0. The van der Waals surface area contributed by atoms with Gasteiger partial charge in [-0.05, 0) is 30.2 Å². The summed E-state index contributed by atoms with van der Waals surface area (Å²) in [6.07, 6.45) is 4.90. The summed E-state index contributed by atoms with van der Waals surface area (Å²) in [5.74, 6) is 0.733. The van der Waals surface area contributed by atoms with Crippen LogP contribution in [-0.4, -0.2) is 20.5 Å². The van der Waals surface area contributed by atoms with E-state index in [-0.39, 0.29) is 11.9 Å². The van der Waals surface area contributed by atoms with Gasteiger partial charge in [0.2, 0.25) is 0 Å². The molecule has 0 saturated carbocycles. The van der Waals surface area contributed by atoms with Gasteiger partial charge >= 0.3 is 0 Å². The van der Waals surface area contributed by atoms with Crippen molar-refractivity contribution >= 4 is 23.4 Å². The fourth-order valence-corrected chi connectivity index (χ4v) is 4.70. The molecule has 4 nitrogen and oxygen atoms in total. The summed E-state index contributed by atoms with van der Waals surface area (Å²) >= 11 is 8.14. The van der Waals surface area contributed by atoms with E-state index in [1.807, 2.05) is 28.9 Å². The highest BCUT2D eigenvalue weighted by Crippen LogP contribution is 2.59. The van der Waals surface area contributed by atoms with Crippen molar-refractivity contribution in [1.29, 1.82) is 0 Å². The van der Waals surface area contributed by atoms with Crippen LogP contribution in [0.5, 0.6) is 0 Å². The van der Waals surface area contributed by atoms with E-state index < -0.39 is 5.60 Å². The van der Waals surface area contributed by atoms with E-state index in [1.54, 1.807) is 30.2 Å². The third-order valence-corrected chi connectivity index (χ3v) is 6.57. The zero-order valence-corrected chi connectivity index (χ0v) is 17.8. The van der Waals surface area contributed by atoms with Crippen LogP contribution in [0.15, 0.2) is 60.0 Å². The second-order valence-corrected chi connectivity index (χ2v) is 8.64. The van der Waals surface area contributed by atoms with Gasteiger partial charge in [0.15, 0.2) is 5.16 Å². The molecule has 2 heterocycles. The van der Waals surface area contributed by atoms with Crippen molar-refractivity contribution in [3.05, 3.63) is 76.8 Å². The molecule has 0 aliphatic carbocycles. The van der Waals surface area contributed by atoms with Crippen LogP contribution in [0, 0.1) is 5.82 Å². The molecule has 3 aromatic rings. The Morgan fingerprint density at radius 3 is 2.72 bits per heavy atom. The number of aromatic nitrogens is 3. The fourth-order valence-electron chi connectivity index (χ4n) is 3.55. The van der Waals surface area contributed by atoms with Crippen molar-refractivity contribution in [3.63, 3.8) is 0 Å². The summed E-state index contributed by atoms with van der Waals surface area (Å²) in [4.78, 5) is 4.42. The molecule has 152 valence electrons. The minimum atomic E-state index is -0.648. The molecule has 0 unspecified atom stereocenters. The zero-order valence-electron chi connectivity index (χ0n) is 16.2. The van der Waals surface area contributed by atoms with Gasteiger partial charge < -0.3 is 4.74 Å². The van der Waals surface area contributed by atoms with Crippen LogP contribution in [-0.2, 0) is 16.9 Å². The molecule has 0 N–H and O–H groups in total. The van der Waals surface area contributed by atoms with Crippen molar-refractivity contribution in [1.82, 2.24) is 14.8 Å². The molecule has 4 rings (SSSR count). The van der Waals surface area contributed by atoms with Gasteiger partial charge in [0.05, 0.1) is 6.54 Å². The van der Waals surface area contributed by atoms with Crippen molar-refractivity contribution in [2.45, 2.75) is 49.6 Å². The SMILES string of the molecule is CCCCCSc1ncnn1C[C@]1(c2ccc(F)cc2)O[C@H]1c1ccccc1Cl. The Balaban J connectivity index is 1.61. The number of thioether (sulfide) groups is 1. The molecule has 1 fully saturated rings. The van der Waals surface area contributed by atoms with Gasteiger partial charge in [-0.2, -0.15) is 5.10 Å². The van der Waals surface area contributed by atoms with Gasteiger partial charge in [-0.1, -0.05) is 73.5 Å². The lowest BCUT2D eigenvalue weighted by Crippen LogP contribution is -2.20. The molecule has 0 bridgehead atoms. The van der Waals surface area contributed by atoms with Crippen LogP contribution < -0.4 is 0 Å². The maximum absolute atomic E-state index is 13.5. The summed E-state index contributed by atoms with van der Waals surface area (Å²) < 4.78 is 21.7. The Hall–Kier alpha value is -1.89. The third kappa shape index (κ3) is 4.34. The summed E-state index contributed by atoms with van der Waals surface area (Å²) in [5, 5.41) is 5.96. The van der Waals surface area contributed by atoms with Crippen LogP contribution in [0.25, 0.3) is 0 Å². The van der Waals surface area contributed by atoms with Gasteiger partial charge in [-0.15, -0.1) is 0 Å². The molecule has 0 radical (unpaired) electrons. The molecule has 29 heavy (non-hydrogen) atoms. The van der Waals surface area contributed by atoms with Gasteiger partial charge in [-0.25, -0.2) is 14.1 Å². The van der Waals surface area contributed by atoms with Crippen LogP contribution in [0.4, 0.5) is 4.39 Å². The first-order valence-electron chi connectivity index (χ1n) is 9.83. The number of hydrogen-bond donors (Lipinski definition) is 0. The number of rotatable bonds is 9. The van der Waals surface area contributed by atoms with E-state index in [4.69, 9.17) is 16.3 Å². The molecule has 0 spiro atoms. The second kappa shape index (κ2) is 8.86. The highest BCUT2D eigenvalue weighted by atomic mass is 35.5. The van der Waals surface area contributed by atoms with E-state index in [9.17, 15) is 4.39 Å². The maximum atomic E-state index is 13.5. The molecular weight excluding hydrogens is 409 g/mol. The van der Waals surface area contributed by atoms with E-state index >= 15 is 0 Å². The Labute approximate surface area is 179 Å². The summed E-state index contributed by atoms with van der Waals surface area (Å²) in [6.45, 7) is 2.68. The molecular formula is C22H23ClFN3OS. The summed E-state index contributed by atoms with van der Waals surface area (Å²) in [5.41, 5.74) is 1.18. The smallest absolute Gasteiger partial charge is 0.186 e. The minimum absolute atomic E-state index is 0.219. The molecule has 7 heteroatoms. The summed E-state index contributed by atoms with van der Waals surface area (Å²) in [6, 6.07) is 14.2. The normalized spacial score (nSPS) is 20.7. The first-order chi connectivity index (χ1) is 14.1. The van der Waals surface area contributed by atoms with Crippen molar-refractivity contribution in [2.24, 2.45) is 0 Å². The van der Waals surface area contributed by atoms with Crippen LogP contribution in [0.2, 0.25) is 5.02 Å². The monoisotopic (exact) mass is 431 g/mol. The number of nitrogens with zero attached hydrogens (tertiary/aromatic N) is 3. The van der Waals surface area contributed by atoms with E-state index in [1.165, 1.54) is 25.0 Å². The Kier molecular flexibility index (Phi) is 6.23. The highest BCUT2D eigenvalue weighted by molar-refractivity contribution is 7.99. The molecule has 1 aliphatic rings. The van der Waals surface area contributed by atoms with E-state index in [2.05, 4.69) is 17.0 Å². The topological polar surface area (TPSA) is 43.2 Å².